The van der Waals surface area contributed by atoms with E-state index in [0.717, 1.165) is 5.56 Å². The van der Waals surface area contributed by atoms with Gasteiger partial charge in [0.15, 0.2) is 0 Å². The summed E-state index contributed by atoms with van der Waals surface area (Å²) in [5.74, 6) is -1.85. The second-order valence-corrected chi connectivity index (χ2v) is 4.34. The highest BCUT2D eigenvalue weighted by Gasteiger charge is 2.24. The van der Waals surface area contributed by atoms with Crippen LogP contribution in [0.15, 0.2) is 24.3 Å². The minimum absolute atomic E-state index is 0.0133. The second kappa shape index (κ2) is 4.35. The van der Waals surface area contributed by atoms with E-state index >= 15 is 0 Å². The quantitative estimate of drug-likeness (QED) is 0.818. The summed E-state index contributed by atoms with van der Waals surface area (Å²) < 4.78 is 0. The Morgan fingerprint density at radius 2 is 1.62 bits per heavy atom. The van der Waals surface area contributed by atoms with E-state index in [0.29, 0.717) is 0 Å². The highest BCUT2D eigenvalue weighted by atomic mass is 16.4. The molecule has 0 aliphatic rings. The molecule has 1 aromatic rings. The Morgan fingerprint density at radius 3 is 2.00 bits per heavy atom. The van der Waals surface area contributed by atoms with E-state index in [9.17, 15) is 9.59 Å². The maximum absolute atomic E-state index is 10.7. The first kappa shape index (κ1) is 12.2. The molecule has 0 fully saturated rings. The monoisotopic (exact) mass is 222 g/mol. The third-order valence-corrected chi connectivity index (χ3v) is 2.51. The molecule has 4 heteroatoms. The Bertz CT molecular complexity index is 404. The van der Waals surface area contributed by atoms with Crippen LogP contribution >= 0.6 is 0 Å². The summed E-state index contributed by atoms with van der Waals surface area (Å²) in [7, 11) is 0. The molecular weight excluding hydrogens is 208 g/mol. The number of hydrogen-bond acceptors (Lipinski definition) is 2. The molecule has 0 aromatic heterocycles. The molecule has 0 radical (unpaired) electrons. The zero-order valence-electron chi connectivity index (χ0n) is 9.23. The van der Waals surface area contributed by atoms with Gasteiger partial charge in [0, 0.05) is 5.41 Å². The van der Waals surface area contributed by atoms with Crippen molar-refractivity contribution in [3.05, 3.63) is 35.4 Å². The maximum Gasteiger partial charge on any atom is 0.335 e. The van der Waals surface area contributed by atoms with Crippen LogP contribution in [0.3, 0.4) is 0 Å². The number of hydrogen-bond donors (Lipinski definition) is 2. The largest absolute Gasteiger partial charge is 0.481 e. The van der Waals surface area contributed by atoms with Crippen LogP contribution in [0.1, 0.15) is 36.2 Å². The zero-order chi connectivity index (χ0) is 12.3. The first-order chi connectivity index (χ1) is 7.33. The zero-order valence-corrected chi connectivity index (χ0v) is 9.23. The fraction of sp³-hybridized carbons (Fsp3) is 0.333. The van der Waals surface area contributed by atoms with Crippen molar-refractivity contribution in [2.24, 2.45) is 0 Å². The van der Waals surface area contributed by atoms with Crippen molar-refractivity contribution in [2.75, 3.05) is 0 Å². The number of aliphatic carboxylic acids is 1. The number of carboxylic acids is 2. The molecule has 4 nitrogen and oxygen atoms in total. The first-order valence-corrected chi connectivity index (χ1v) is 4.88. The minimum Gasteiger partial charge on any atom is -0.481 e. The highest BCUT2D eigenvalue weighted by molar-refractivity contribution is 5.87. The lowest BCUT2D eigenvalue weighted by atomic mass is 9.81. The minimum atomic E-state index is -0.984. The van der Waals surface area contributed by atoms with Crippen LogP contribution in [-0.4, -0.2) is 22.2 Å². The number of carboxylic acid groups (broad SMARTS) is 2. The highest BCUT2D eigenvalue weighted by Crippen LogP contribution is 2.27. The van der Waals surface area contributed by atoms with Crippen LogP contribution in [-0.2, 0) is 10.2 Å². The van der Waals surface area contributed by atoms with Gasteiger partial charge in [0.05, 0.1) is 12.0 Å². The Kier molecular flexibility index (Phi) is 3.32. The van der Waals surface area contributed by atoms with Crippen LogP contribution < -0.4 is 0 Å². The van der Waals surface area contributed by atoms with E-state index in [1.54, 1.807) is 12.1 Å². The van der Waals surface area contributed by atoms with E-state index in [1.807, 2.05) is 13.8 Å². The number of rotatable bonds is 4. The molecule has 0 aliphatic carbocycles. The van der Waals surface area contributed by atoms with E-state index in [-0.39, 0.29) is 12.0 Å². The van der Waals surface area contributed by atoms with E-state index in [1.165, 1.54) is 12.1 Å². The summed E-state index contributed by atoms with van der Waals surface area (Å²) in [6.07, 6.45) is 0.0133. The maximum atomic E-state index is 10.7. The van der Waals surface area contributed by atoms with Crippen LogP contribution in [0, 0.1) is 0 Å². The molecule has 0 atom stereocenters. The van der Waals surface area contributed by atoms with Crippen molar-refractivity contribution < 1.29 is 19.8 Å². The lowest BCUT2D eigenvalue weighted by molar-refractivity contribution is -0.138. The summed E-state index contributed by atoms with van der Waals surface area (Å²) in [6, 6.07) is 6.29. The Hall–Kier alpha value is -1.84. The average molecular weight is 222 g/mol. The molecule has 0 saturated carbocycles. The van der Waals surface area contributed by atoms with Crippen molar-refractivity contribution in [3.63, 3.8) is 0 Å². The van der Waals surface area contributed by atoms with Crippen LogP contribution in [0.25, 0.3) is 0 Å². The lowest BCUT2D eigenvalue weighted by Crippen LogP contribution is -2.21. The summed E-state index contributed by atoms with van der Waals surface area (Å²) in [5.41, 5.74) is 0.526. The molecule has 0 amide bonds. The summed E-state index contributed by atoms with van der Waals surface area (Å²) in [4.78, 5) is 21.3. The molecule has 2 N–H and O–H groups in total. The Morgan fingerprint density at radius 1 is 1.12 bits per heavy atom. The van der Waals surface area contributed by atoms with Crippen molar-refractivity contribution >= 4 is 11.9 Å². The molecule has 0 spiro atoms. The van der Waals surface area contributed by atoms with E-state index in [2.05, 4.69) is 0 Å². The van der Waals surface area contributed by atoms with E-state index in [4.69, 9.17) is 10.2 Å². The topological polar surface area (TPSA) is 74.6 Å². The summed E-state index contributed by atoms with van der Waals surface area (Å²) >= 11 is 0. The number of benzene rings is 1. The third kappa shape index (κ3) is 2.82. The molecule has 1 rings (SSSR count). The van der Waals surface area contributed by atoms with Gasteiger partial charge >= 0.3 is 11.9 Å². The van der Waals surface area contributed by atoms with Crippen LogP contribution in [0.4, 0.5) is 0 Å². The van der Waals surface area contributed by atoms with Gasteiger partial charge in [0.2, 0.25) is 0 Å². The van der Waals surface area contributed by atoms with Crippen molar-refractivity contribution in [1.82, 2.24) is 0 Å². The molecule has 0 unspecified atom stereocenters. The fourth-order valence-corrected chi connectivity index (χ4v) is 1.54. The third-order valence-electron chi connectivity index (χ3n) is 2.51. The van der Waals surface area contributed by atoms with Crippen molar-refractivity contribution in [1.29, 1.82) is 0 Å². The molecule has 0 aliphatic heterocycles. The second-order valence-electron chi connectivity index (χ2n) is 4.34. The van der Waals surface area contributed by atoms with Gasteiger partial charge in [-0.1, -0.05) is 26.0 Å². The van der Waals surface area contributed by atoms with E-state index < -0.39 is 17.4 Å². The first-order valence-electron chi connectivity index (χ1n) is 4.88. The summed E-state index contributed by atoms with van der Waals surface area (Å²) in [6.45, 7) is 3.63. The molecule has 0 heterocycles. The van der Waals surface area contributed by atoms with Gasteiger partial charge < -0.3 is 10.2 Å². The normalized spacial score (nSPS) is 11.1. The molecule has 86 valence electrons. The Labute approximate surface area is 93.5 Å². The van der Waals surface area contributed by atoms with Gasteiger partial charge in [-0.2, -0.15) is 0 Å². The predicted octanol–water partition coefficient (Wildman–Crippen LogP) is 2.14. The molecule has 0 saturated heterocycles. The standard InChI is InChI=1S/C12H14O4/c1-12(2,7-10(13)14)9-5-3-8(4-6-9)11(15)16/h3-6H,7H2,1-2H3,(H,13,14)(H,15,16). The van der Waals surface area contributed by atoms with Crippen LogP contribution in [0.5, 0.6) is 0 Å². The van der Waals surface area contributed by atoms with Gasteiger partial charge in [0.1, 0.15) is 0 Å². The van der Waals surface area contributed by atoms with Gasteiger partial charge in [-0.25, -0.2) is 4.79 Å². The van der Waals surface area contributed by atoms with Crippen LogP contribution in [0.2, 0.25) is 0 Å². The van der Waals surface area contributed by atoms with Crippen molar-refractivity contribution in [3.8, 4) is 0 Å². The smallest absolute Gasteiger partial charge is 0.335 e. The lowest BCUT2D eigenvalue weighted by Gasteiger charge is -2.23. The predicted molar refractivity (Wildman–Crippen MR) is 58.7 cm³/mol. The summed E-state index contributed by atoms with van der Waals surface area (Å²) in [5, 5.41) is 17.5. The van der Waals surface area contributed by atoms with Gasteiger partial charge in [-0.05, 0) is 17.7 Å². The average Bonchev–Trinajstić information content (AvgIpc) is 2.16. The number of carbonyl (C=O) groups is 2. The SMILES string of the molecule is CC(C)(CC(=O)O)c1ccc(C(=O)O)cc1. The number of aromatic carboxylic acids is 1. The molecular formula is C12H14O4. The van der Waals surface area contributed by atoms with Gasteiger partial charge in [0.25, 0.3) is 0 Å². The molecule has 1 aromatic carbocycles. The molecule has 0 bridgehead atoms. The van der Waals surface area contributed by atoms with Gasteiger partial charge in [-0.3, -0.25) is 4.79 Å². The van der Waals surface area contributed by atoms with Crippen molar-refractivity contribution in [2.45, 2.75) is 25.7 Å². The fourth-order valence-electron chi connectivity index (χ4n) is 1.54. The molecule has 16 heavy (non-hydrogen) atoms. The van der Waals surface area contributed by atoms with Gasteiger partial charge in [-0.15, -0.1) is 0 Å². The Balaban J connectivity index is 2.96.